The maximum absolute atomic E-state index is 13.2. The molecule has 1 aromatic carbocycles. The Kier molecular flexibility index (Phi) is 16.4. The molecule has 0 heterocycles. The van der Waals surface area contributed by atoms with Gasteiger partial charge in [0.25, 0.3) is 5.91 Å². The van der Waals surface area contributed by atoms with Crippen LogP contribution in [0.5, 0.6) is 0 Å². The normalized spacial score (nSPS) is 14.3. The Labute approximate surface area is 257 Å². The molecule has 0 aromatic heterocycles. The number of carbonyl (C=O) groups excluding carboxylic acids is 6. The summed E-state index contributed by atoms with van der Waals surface area (Å²) in [5, 5.41) is 22.5. The van der Waals surface area contributed by atoms with Crippen LogP contribution in [0.25, 0.3) is 0 Å². The molecule has 0 spiro atoms. The number of hydrazine groups is 1. The molecule has 0 saturated carbocycles. The van der Waals surface area contributed by atoms with E-state index in [1.807, 2.05) is 39.2 Å². The van der Waals surface area contributed by atoms with Crippen molar-refractivity contribution >= 4 is 35.6 Å². The van der Waals surface area contributed by atoms with E-state index in [0.717, 1.165) is 5.56 Å². The molecule has 5 atom stereocenters. The summed E-state index contributed by atoms with van der Waals surface area (Å²) in [5.74, 6) is 1.62. The van der Waals surface area contributed by atoms with E-state index in [9.17, 15) is 33.9 Å². The van der Waals surface area contributed by atoms with Crippen molar-refractivity contribution in [3.63, 3.8) is 0 Å². The van der Waals surface area contributed by atoms with Crippen LogP contribution in [0.3, 0.4) is 0 Å². The number of benzene rings is 1. The monoisotopic (exact) mass is 621 g/mol. The van der Waals surface area contributed by atoms with Crippen LogP contribution in [0.1, 0.15) is 59.9 Å². The van der Waals surface area contributed by atoms with Crippen LogP contribution in [-0.2, 0) is 35.3 Å². The van der Waals surface area contributed by atoms with Crippen LogP contribution in [-0.4, -0.2) is 77.6 Å². The largest absolute Gasteiger partial charge is 0.445 e. The first-order valence-corrected chi connectivity index (χ1v) is 14.5. The first kappa shape index (κ1) is 37.8. The van der Waals surface area contributed by atoms with Gasteiger partial charge in [-0.15, -0.1) is 0 Å². The number of rotatable bonds is 17. The van der Waals surface area contributed by atoms with Crippen molar-refractivity contribution in [2.24, 2.45) is 17.7 Å². The predicted octanol–water partition coefficient (Wildman–Crippen LogP) is -0.665. The molecule has 0 aliphatic carbocycles. The van der Waals surface area contributed by atoms with E-state index in [1.54, 1.807) is 24.3 Å². The van der Waals surface area contributed by atoms with Gasteiger partial charge in [0.05, 0.1) is 12.6 Å². The van der Waals surface area contributed by atoms with E-state index in [0.29, 0.717) is 0 Å². The molecule has 15 nitrogen and oxygen atoms in total. The average Bonchev–Trinajstić information content (AvgIpc) is 2.96. The maximum atomic E-state index is 13.2. The number of carbonyl (C=O) groups is 6. The van der Waals surface area contributed by atoms with Crippen LogP contribution in [0.2, 0.25) is 0 Å². The number of amides is 6. The number of nitrogens with one attached hydrogen (secondary N) is 6. The van der Waals surface area contributed by atoms with Crippen molar-refractivity contribution in [3.05, 3.63) is 35.9 Å². The van der Waals surface area contributed by atoms with Gasteiger partial charge in [-0.2, -0.15) is 0 Å². The standard InChI is InChI=1S/C29H47N7O8/c1-16(2)12-21(26(40)31-14-23(38)36-30)34-27(41)22(13-17(3)4)33-25(39)18(5)32-28(42)24(19(6)37)35-29(43)44-15-20-10-8-7-9-11-20/h7-11,16-19,21-22,24,37H,12-15,30H2,1-6H3,(H,31,40)(H,32,42)(H,33,39)(H,34,41)(H,35,43)(H,36,38)/t18-,19-,21-,22-,24-/m1/s1. The van der Waals surface area contributed by atoms with E-state index in [1.165, 1.54) is 13.8 Å². The highest BCUT2D eigenvalue weighted by atomic mass is 16.5. The third-order valence-electron chi connectivity index (χ3n) is 6.27. The fraction of sp³-hybridized carbons (Fsp3) is 0.586. The van der Waals surface area contributed by atoms with Gasteiger partial charge in [-0.1, -0.05) is 58.0 Å². The zero-order valence-electron chi connectivity index (χ0n) is 26.1. The minimum Gasteiger partial charge on any atom is -0.445 e. The zero-order chi connectivity index (χ0) is 33.4. The van der Waals surface area contributed by atoms with Gasteiger partial charge >= 0.3 is 6.09 Å². The Balaban J connectivity index is 2.87. The Morgan fingerprint density at radius 3 is 1.82 bits per heavy atom. The second-order valence-corrected chi connectivity index (χ2v) is 11.3. The minimum absolute atomic E-state index is 0.00820. The Morgan fingerprint density at radius 2 is 1.30 bits per heavy atom. The Morgan fingerprint density at radius 1 is 0.750 bits per heavy atom. The summed E-state index contributed by atoms with van der Waals surface area (Å²) >= 11 is 0. The van der Waals surface area contributed by atoms with E-state index >= 15 is 0 Å². The molecule has 0 aliphatic rings. The van der Waals surface area contributed by atoms with Crippen molar-refractivity contribution < 1.29 is 38.6 Å². The van der Waals surface area contributed by atoms with Gasteiger partial charge in [-0.05, 0) is 44.1 Å². The highest BCUT2D eigenvalue weighted by Gasteiger charge is 2.32. The molecule has 1 rings (SSSR count). The van der Waals surface area contributed by atoms with Gasteiger partial charge in [0.2, 0.25) is 23.6 Å². The number of ether oxygens (including phenoxy) is 1. The lowest BCUT2D eigenvalue weighted by Gasteiger charge is -2.27. The lowest BCUT2D eigenvalue weighted by atomic mass is 10.00. The molecular formula is C29H47N7O8. The summed E-state index contributed by atoms with van der Waals surface area (Å²) in [6, 6.07) is 4.21. The summed E-state index contributed by atoms with van der Waals surface area (Å²) in [6.45, 7) is 9.64. The molecule has 246 valence electrons. The molecular weight excluding hydrogens is 574 g/mol. The van der Waals surface area contributed by atoms with Crippen molar-refractivity contribution in [1.29, 1.82) is 0 Å². The van der Waals surface area contributed by atoms with Crippen LogP contribution in [0, 0.1) is 11.8 Å². The Hall–Kier alpha value is -4.24. The summed E-state index contributed by atoms with van der Waals surface area (Å²) in [4.78, 5) is 75.6. The van der Waals surface area contributed by atoms with Crippen LogP contribution < -0.4 is 37.9 Å². The van der Waals surface area contributed by atoms with Gasteiger partial charge in [-0.3, -0.25) is 29.4 Å². The fourth-order valence-corrected chi connectivity index (χ4v) is 3.98. The van der Waals surface area contributed by atoms with Gasteiger partial charge in [0.15, 0.2) is 0 Å². The number of aliphatic hydroxyl groups is 1. The molecule has 0 fully saturated rings. The summed E-state index contributed by atoms with van der Waals surface area (Å²) in [7, 11) is 0. The Bertz CT molecular complexity index is 1110. The van der Waals surface area contributed by atoms with E-state index < -0.39 is 65.9 Å². The number of nitrogens with two attached hydrogens (primary N) is 1. The first-order chi connectivity index (χ1) is 20.6. The lowest BCUT2D eigenvalue weighted by molar-refractivity contribution is -0.134. The molecule has 9 N–H and O–H groups in total. The van der Waals surface area contributed by atoms with E-state index in [-0.39, 0.29) is 37.8 Å². The molecule has 1 aromatic rings. The lowest BCUT2D eigenvalue weighted by Crippen LogP contribution is -2.59. The van der Waals surface area contributed by atoms with Gasteiger partial charge < -0.3 is 36.4 Å². The second kappa shape index (κ2) is 19.1. The molecule has 6 amide bonds. The number of hydrogen-bond donors (Lipinski definition) is 8. The quantitative estimate of drug-likeness (QED) is 0.0626. The third-order valence-corrected chi connectivity index (χ3v) is 6.27. The number of hydrogen-bond acceptors (Lipinski definition) is 9. The summed E-state index contributed by atoms with van der Waals surface area (Å²) in [5.41, 5.74) is 2.62. The highest BCUT2D eigenvalue weighted by molar-refractivity contribution is 5.95. The first-order valence-electron chi connectivity index (χ1n) is 14.5. The fourth-order valence-electron chi connectivity index (χ4n) is 3.98. The number of alkyl carbamates (subject to hydrolysis) is 1. The minimum atomic E-state index is -1.43. The molecule has 0 unspecified atom stereocenters. The molecule has 15 heteroatoms. The van der Waals surface area contributed by atoms with Gasteiger partial charge in [0, 0.05) is 0 Å². The van der Waals surface area contributed by atoms with E-state index in [4.69, 9.17) is 10.6 Å². The summed E-state index contributed by atoms with van der Waals surface area (Å²) < 4.78 is 5.11. The predicted molar refractivity (Wildman–Crippen MR) is 161 cm³/mol. The molecule has 44 heavy (non-hydrogen) atoms. The summed E-state index contributed by atoms with van der Waals surface area (Å²) in [6.07, 6.45) is -1.79. The van der Waals surface area contributed by atoms with E-state index in [2.05, 4.69) is 26.6 Å². The van der Waals surface area contributed by atoms with Crippen LogP contribution in [0.4, 0.5) is 4.79 Å². The maximum Gasteiger partial charge on any atom is 0.408 e. The van der Waals surface area contributed by atoms with Crippen molar-refractivity contribution in [2.45, 2.75) is 91.3 Å². The molecule has 0 saturated heterocycles. The van der Waals surface area contributed by atoms with Crippen molar-refractivity contribution in [1.82, 2.24) is 32.0 Å². The van der Waals surface area contributed by atoms with Gasteiger partial charge in [0.1, 0.15) is 30.8 Å². The topological polar surface area (TPSA) is 230 Å². The van der Waals surface area contributed by atoms with Gasteiger partial charge in [-0.25, -0.2) is 10.6 Å². The second-order valence-electron chi connectivity index (χ2n) is 11.3. The van der Waals surface area contributed by atoms with Crippen LogP contribution in [0.15, 0.2) is 30.3 Å². The van der Waals surface area contributed by atoms with Crippen molar-refractivity contribution in [2.75, 3.05) is 6.54 Å². The molecule has 0 radical (unpaired) electrons. The van der Waals surface area contributed by atoms with Crippen molar-refractivity contribution in [3.8, 4) is 0 Å². The molecule has 0 aliphatic heterocycles. The SMILES string of the molecule is CC(C)C[C@@H](NC(=O)[C@@H](C)NC(=O)[C@H](NC(=O)OCc1ccccc1)[C@@H](C)O)C(=O)N[C@H](CC(C)C)C(=O)NCC(=O)NN. The number of aliphatic hydroxyl groups excluding tert-OH is 1. The highest BCUT2D eigenvalue weighted by Crippen LogP contribution is 2.10. The van der Waals surface area contributed by atoms with Crippen LogP contribution >= 0.6 is 0 Å². The smallest absolute Gasteiger partial charge is 0.408 e. The molecule has 0 bridgehead atoms. The third kappa shape index (κ3) is 14.3. The average molecular weight is 622 g/mol. The zero-order valence-corrected chi connectivity index (χ0v) is 26.1.